The lowest BCUT2D eigenvalue weighted by Crippen LogP contribution is -2.18. The highest BCUT2D eigenvalue weighted by Crippen LogP contribution is 2.39. The third-order valence-electron chi connectivity index (χ3n) is 4.09. The molecule has 3 aromatic rings. The summed E-state index contributed by atoms with van der Waals surface area (Å²) in [6.45, 7) is 0. The highest BCUT2D eigenvalue weighted by Gasteiger charge is 2.26. The van der Waals surface area contributed by atoms with Crippen LogP contribution < -0.4 is 10.5 Å². The molecule has 6 nitrogen and oxygen atoms in total. The highest BCUT2D eigenvalue weighted by molar-refractivity contribution is 8.02. The Morgan fingerprint density at radius 2 is 2.28 bits per heavy atom. The molecule has 2 aromatic heterocycles. The second-order valence-electron chi connectivity index (χ2n) is 5.52. The Morgan fingerprint density at radius 1 is 1.40 bits per heavy atom. The van der Waals surface area contributed by atoms with E-state index in [1.807, 2.05) is 23.6 Å². The Balaban J connectivity index is 2.01. The molecular formula is C17H14N4O2S2. The summed E-state index contributed by atoms with van der Waals surface area (Å²) in [5, 5.41) is 11.8. The number of carbonyl (C=O) groups is 1. The van der Waals surface area contributed by atoms with Gasteiger partial charge in [-0.2, -0.15) is 0 Å². The summed E-state index contributed by atoms with van der Waals surface area (Å²) in [6, 6.07) is 5.88. The molecule has 25 heavy (non-hydrogen) atoms. The summed E-state index contributed by atoms with van der Waals surface area (Å²) in [5.41, 5.74) is 10.2. The number of pyridine rings is 1. The minimum absolute atomic E-state index is 0.0966. The molecule has 1 unspecified atom stereocenters. The van der Waals surface area contributed by atoms with E-state index >= 15 is 0 Å². The van der Waals surface area contributed by atoms with Crippen LogP contribution in [0.15, 0.2) is 35.2 Å². The van der Waals surface area contributed by atoms with Crippen molar-refractivity contribution in [2.24, 2.45) is 5.73 Å². The van der Waals surface area contributed by atoms with E-state index in [0.29, 0.717) is 5.56 Å². The van der Waals surface area contributed by atoms with E-state index in [0.717, 1.165) is 32.8 Å². The summed E-state index contributed by atoms with van der Waals surface area (Å²) >= 11 is 3.17. The van der Waals surface area contributed by atoms with Crippen LogP contribution in [0.2, 0.25) is 0 Å². The van der Waals surface area contributed by atoms with Gasteiger partial charge in [0.2, 0.25) is 5.88 Å². The lowest BCUT2D eigenvalue weighted by molar-refractivity contribution is 0.0996. The van der Waals surface area contributed by atoms with Crippen LogP contribution in [0.5, 0.6) is 5.88 Å². The predicted molar refractivity (Wildman–Crippen MR) is 100 cm³/mol. The third kappa shape index (κ3) is 2.77. The summed E-state index contributed by atoms with van der Waals surface area (Å²) in [5.74, 6) is 0.689. The standard InChI is InChI=1S/C17H14N4O2S2/c1-23-16-14(15(18)22)13(10-4-5-24-7-10)11-3-2-9(6-12(11)20-16)17-21-19-8-25-17/h2-6,8,10H,7H2,1H3,(H2,18,22). The van der Waals surface area contributed by atoms with E-state index < -0.39 is 5.91 Å². The highest BCUT2D eigenvalue weighted by atomic mass is 32.2. The smallest absolute Gasteiger partial charge is 0.254 e. The van der Waals surface area contributed by atoms with E-state index in [4.69, 9.17) is 10.5 Å². The summed E-state index contributed by atoms with van der Waals surface area (Å²) in [6.07, 6.45) is 2.09. The zero-order valence-corrected chi connectivity index (χ0v) is 14.9. The number of hydrogen-bond acceptors (Lipinski definition) is 7. The van der Waals surface area contributed by atoms with E-state index in [9.17, 15) is 4.79 Å². The number of ether oxygens (including phenoxy) is 1. The first-order valence-electron chi connectivity index (χ1n) is 7.55. The fraction of sp³-hybridized carbons (Fsp3) is 0.176. The van der Waals surface area contributed by atoms with Gasteiger partial charge in [0, 0.05) is 22.6 Å². The molecule has 1 amide bonds. The van der Waals surface area contributed by atoms with Crippen LogP contribution in [0.1, 0.15) is 21.8 Å². The van der Waals surface area contributed by atoms with Gasteiger partial charge in [-0.3, -0.25) is 4.79 Å². The number of methoxy groups -OCH3 is 1. The first-order chi connectivity index (χ1) is 12.2. The lowest BCUT2D eigenvalue weighted by atomic mass is 9.91. The van der Waals surface area contributed by atoms with Gasteiger partial charge >= 0.3 is 0 Å². The molecular weight excluding hydrogens is 356 g/mol. The van der Waals surface area contributed by atoms with Gasteiger partial charge in [-0.1, -0.05) is 29.5 Å². The molecule has 0 saturated heterocycles. The predicted octanol–water partition coefficient (Wildman–Crippen LogP) is 3.20. The number of primary amides is 1. The molecule has 1 aromatic carbocycles. The van der Waals surface area contributed by atoms with Crippen molar-refractivity contribution < 1.29 is 9.53 Å². The Morgan fingerprint density at radius 3 is 2.92 bits per heavy atom. The number of hydrogen-bond donors (Lipinski definition) is 1. The van der Waals surface area contributed by atoms with Crippen LogP contribution in [0, 0.1) is 0 Å². The maximum absolute atomic E-state index is 12.1. The average molecular weight is 370 g/mol. The molecule has 0 spiro atoms. The van der Waals surface area contributed by atoms with E-state index in [1.165, 1.54) is 18.4 Å². The maximum atomic E-state index is 12.1. The van der Waals surface area contributed by atoms with Crippen molar-refractivity contribution in [3.05, 3.63) is 46.3 Å². The SMILES string of the molecule is COc1nc2cc(-c3nncs3)ccc2c(C2C=CSC2)c1C(N)=O. The van der Waals surface area contributed by atoms with Crippen LogP contribution in [-0.4, -0.2) is 34.0 Å². The van der Waals surface area contributed by atoms with Gasteiger partial charge in [-0.05, 0) is 17.0 Å². The molecule has 1 atom stereocenters. The second-order valence-corrected chi connectivity index (χ2v) is 7.29. The molecule has 3 heterocycles. The quantitative estimate of drug-likeness (QED) is 0.758. The summed E-state index contributed by atoms with van der Waals surface area (Å²) in [7, 11) is 1.50. The number of benzene rings is 1. The number of nitrogens with two attached hydrogens (primary N) is 1. The van der Waals surface area contributed by atoms with Crippen molar-refractivity contribution in [2.45, 2.75) is 5.92 Å². The molecule has 0 fully saturated rings. The summed E-state index contributed by atoms with van der Waals surface area (Å²) < 4.78 is 5.38. The number of aromatic nitrogens is 3. The molecule has 126 valence electrons. The number of allylic oxidation sites excluding steroid dienone is 1. The van der Waals surface area contributed by atoms with Crippen LogP contribution in [0.25, 0.3) is 21.5 Å². The molecule has 1 aliphatic heterocycles. The fourth-order valence-corrected chi connectivity index (χ4v) is 4.46. The van der Waals surface area contributed by atoms with Gasteiger partial charge in [-0.15, -0.1) is 22.0 Å². The Bertz CT molecular complexity index is 986. The number of fused-ring (bicyclic) bond motifs is 1. The van der Waals surface area contributed by atoms with Crippen LogP contribution in [0.3, 0.4) is 0 Å². The molecule has 0 saturated carbocycles. The van der Waals surface area contributed by atoms with E-state index in [2.05, 4.69) is 21.3 Å². The molecule has 0 radical (unpaired) electrons. The van der Waals surface area contributed by atoms with E-state index in [-0.39, 0.29) is 11.8 Å². The molecule has 8 heteroatoms. The van der Waals surface area contributed by atoms with Crippen molar-refractivity contribution in [1.82, 2.24) is 15.2 Å². The number of rotatable bonds is 4. The van der Waals surface area contributed by atoms with Crippen LogP contribution >= 0.6 is 23.1 Å². The van der Waals surface area contributed by atoms with Crippen molar-refractivity contribution in [3.63, 3.8) is 0 Å². The molecule has 4 rings (SSSR count). The minimum atomic E-state index is -0.528. The number of thioether (sulfide) groups is 1. The van der Waals surface area contributed by atoms with Gasteiger partial charge < -0.3 is 10.5 Å². The Labute approximate surface area is 152 Å². The fourth-order valence-electron chi connectivity index (χ4n) is 3.01. The zero-order valence-electron chi connectivity index (χ0n) is 13.3. The molecule has 2 N–H and O–H groups in total. The molecule has 0 bridgehead atoms. The molecule has 1 aliphatic rings. The van der Waals surface area contributed by atoms with Gasteiger partial charge in [0.1, 0.15) is 16.1 Å². The monoisotopic (exact) mass is 370 g/mol. The normalized spacial score (nSPS) is 16.4. The van der Waals surface area contributed by atoms with Crippen LogP contribution in [-0.2, 0) is 0 Å². The number of amides is 1. The Kier molecular flexibility index (Phi) is 4.14. The van der Waals surface area contributed by atoms with Crippen molar-refractivity contribution in [2.75, 3.05) is 12.9 Å². The van der Waals surface area contributed by atoms with Gasteiger partial charge in [0.25, 0.3) is 5.91 Å². The van der Waals surface area contributed by atoms with Crippen molar-refractivity contribution in [3.8, 4) is 16.5 Å². The largest absolute Gasteiger partial charge is 0.480 e. The van der Waals surface area contributed by atoms with Gasteiger partial charge in [0.15, 0.2) is 0 Å². The van der Waals surface area contributed by atoms with Crippen LogP contribution in [0.4, 0.5) is 0 Å². The van der Waals surface area contributed by atoms with Crippen molar-refractivity contribution >= 4 is 39.9 Å². The lowest BCUT2D eigenvalue weighted by Gasteiger charge is -2.18. The topological polar surface area (TPSA) is 91.0 Å². The first-order valence-corrected chi connectivity index (χ1v) is 9.48. The summed E-state index contributed by atoms with van der Waals surface area (Å²) in [4.78, 5) is 16.6. The molecule has 0 aliphatic carbocycles. The first kappa shape index (κ1) is 16.0. The third-order valence-corrected chi connectivity index (χ3v) is 5.73. The maximum Gasteiger partial charge on any atom is 0.254 e. The second kappa shape index (κ2) is 6.45. The zero-order chi connectivity index (χ0) is 17.4. The van der Waals surface area contributed by atoms with Gasteiger partial charge in [0.05, 0.1) is 12.6 Å². The number of nitrogens with zero attached hydrogens (tertiary/aromatic N) is 3. The van der Waals surface area contributed by atoms with Crippen molar-refractivity contribution in [1.29, 1.82) is 0 Å². The van der Waals surface area contributed by atoms with E-state index in [1.54, 1.807) is 17.3 Å². The number of carbonyl (C=O) groups excluding carboxylic acids is 1. The minimum Gasteiger partial charge on any atom is -0.480 e. The Hall–Kier alpha value is -2.45. The van der Waals surface area contributed by atoms with Gasteiger partial charge in [-0.25, -0.2) is 4.98 Å². The average Bonchev–Trinajstić information content (AvgIpc) is 3.32.